The van der Waals surface area contributed by atoms with Crippen LogP contribution in [0.4, 0.5) is 11.9 Å². The van der Waals surface area contributed by atoms with Crippen LogP contribution in [0.5, 0.6) is 6.01 Å². The Morgan fingerprint density at radius 3 is 2.63 bits per heavy atom. The van der Waals surface area contributed by atoms with Gasteiger partial charge in [0.25, 0.3) is 0 Å². The van der Waals surface area contributed by atoms with Crippen LogP contribution in [-0.2, 0) is 4.74 Å². The van der Waals surface area contributed by atoms with E-state index in [-0.39, 0.29) is 0 Å². The van der Waals surface area contributed by atoms with Crippen molar-refractivity contribution in [2.24, 2.45) is 0 Å². The number of morpholine rings is 1. The van der Waals surface area contributed by atoms with Crippen molar-refractivity contribution in [1.29, 1.82) is 0 Å². The Balaban J connectivity index is 2.04. The molecule has 1 aliphatic heterocycles. The number of methoxy groups -OCH3 is 1. The summed E-state index contributed by atoms with van der Waals surface area (Å²) >= 11 is 0. The molecule has 8 heteroatoms. The Morgan fingerprint density at radius 1 is 1.21 bits per heavy atom. The average molecular weight is 268 g/mol. The van der Waals surface area contributed by atoms with E-state index in [1.807, 2.05) is 5.01 Å². The van der Waals surface area contributed by atoms with Gasteiger partial charge in [-0.15, -0.1) is 0 Å². The maximum absolute atomic E-state index is 5.29. The number of ether oxygens (including phenoxy) is 2. The van der Waals surface area contributed by atoms with Crippen LogP contribution in [0.15, 0.2) is 0 Å². The molecule has 0 aliphatic carbocycles. The minimum absolute atomic E-state index is 0.296. The van der Waals surface area contributed by atoms with Crippen LogP contribution in [-0.4, -0.2) is 59.9 Å². The highest BCUT2D eigenvalue weighted by molar-refractivity contribution is 5.35. The number of nitrogens with zero attached hydrogens (tertiary/aromatic N) is 4. The highest BCUT2D eigenvalue weighted by Gasteiger charge is 2.13. The highest BCUT2D eigenvalue weighted by Crippen LogP contribution is 2.11. The smallest absolute Gasteiger partial charge is 0.322 e. The van der Waals surface area contributed by atoms with Gasteiger partial charge in [0.15, 0.2) is 0 Å². The molecule has 0 atom stereocenters. The van der Waals surface area contributed by atoms with Gasteiger partial charge in [-0.1, -0.05) is 6.92 Å². The Labute approximate surface area is 112 Å². The second kappa shape index (κ2) is 7.05. The summed E-state index contributed by atoms with van der Waals surface area (Å²) in [5.41, 5.74) is 3.14. The van der Waals surface area contributed by atoms with Crippen LogP contribution in [0.1, 0.15) is 13.3 Å². The molecule has 1 saturated heterocycles. The standard InChI is InChI=1S/C11H20N6O2/c1-3-4-12-9-13-10(15-11(14-9)18-2)16-17-5-7-19-8-6-17/h3-8H2,1-2H3,(H2,12,13,14,15,16). The lowest BCUT2D eigenvalue weighted by Crippen LogP contribution is -2.40. The first-order chi connectivity index (χ1) is 9.31. The second-order valence-electron chi connectivity index (χ2n) is 4.11. The molecular formula is C11H20N6O2. The molecule has 0 spiro atoms. The van der Waals surface area contributed by atoms with Gasteiger partial charge in [-0.05, 0) is 6.42 Å². The summed E-state index contributed by atoms with van der Waals surface area (Å²) in [6.07, 6.45) is 1.00. The molecule has 1 aromatic rings. The van der Waals surface area contributed by atoms with Crippen LogP contribution in [0.25, 0.3) is 0 Å². The van der Waals surface area contributed by atoms with Gasteiger partial charge >= 0.3 is 6.01 Å². The van der Waals surface area contributed by atoms with Gasteiger partial charge < -0.3 is 14.8 Å². The zero-order valence-electron chi connectivity index (χ0n) is 11.3. The molecule has 0 aromatic carbocycles. The van der Waals surface area contributed by atoms with Gasteiger partial charge in [0.05, 0.1) is 20.3 Å². The van der Waals surface area contributed by atoms with Crippen molar-refractivity contribution in [1.82, 2.24) is 20.0 Å². The Hall–Kier alpha value is -1.67. The van der Waals surface area contributed by atoms with Crippen molar-refractivity contribution in [3.8, 4) is 6.01 Å². The molecule has 1 fully saturated rings. The summed E-state index contributed by atoms with van der Waals surface area (Å²) in [6, 6.07) is 0.296. The molecule has 2 heterocycles. The van der Waals surface area contributed by atoms with E-state index in [0.717, 1.165) is 26.1 Å². The molecule has 2 N–H and O–H groups in total. The Kier molecular flexibility index (Phi) is 5.10. The number of anilines is 2. The fourth-order valence-corrected chi connectivity index (χ4v) is 1.63. The van der Waals surface area contributed by atoms with Crippen molar-refractivity contribution in [2.75, 3.05) is 50.7 Å². The topological polar surface area (TPSA) is 84.4 Å². The minimum atomic E-state index is 0.296. The highest BCUT2D eigenvalue weighted by atomic mass is 16.5. The summed E-state index contributed by atoms with van der Waals surface area (Å²) in [5.74, 6) is 0.997. The lowest BCUT2D eigenvalue weighted by molar-refractivity contribution is 0.0492. The van der Waals surface area contributed by atoms with E-state index in [4.69, 9.17) is 9.47 Å². The summed E-state index contributed by atoms with van der Waals surface area (Å²) < 4.78 is 10.4. The van der Waals surface area contributed by atoms with Gasteiger partial charge in [-0.25, -0.2) is 5.01 Å². The zero-order valence-corrected chi connectivity index (χ0v) is 11.3. The van der Waals surface area contributed by atoms with Crippen molar-refractivity contribution < 1.29 is 9.47 Å². The minimum Gasteiger partial charge on any atom is -0.467 e. The van der Waals surface area contributed by atoms with Gasteiger partial charge in [0.2, 0.25) is 11.9 Å². The van der Waals surface area contributed by atoms with E-state index < -0.39 is 0 Å². The fraction of sp³-hybridized carbons (Fsp3) is 0.727. The van der Waals surface area contributed by atoms with E-state index in [1.165, 1.54) is 7.11 Å². The number of hydrogen-bond donors (Lipinski definition) is 2. The molecule has 8 nitrogen and oxygen atoms in total. The van der Waals surface area contributed by atoms with E-state index >= 15 is 0 Å². The first-order valence-electron chi connectivity index (χ1n) is 6.45. The van der Waals surface area contributed by atoms with Crippen molar-refractivity contribution in [3.63, 3.8) is 0 Å². The summed E-state index contributed by atoms with van der Waals surface area (Å²) in [4.78, 5) is 12.6. The predicted molar refractivity (Wildman–Crippen MR) is 71.2 cm³/mol. The van der Waals surface area contributed by atoms with Crippen LogP contribution in [0.2, 0.25) is 0 Å². The third kappa shape index (κ3) is 4.18. The van der Waals surface area contributed by atoms with Gasteiger partial charge in [0.1, 0.15) is 0 Å². The Bertz CT molecular complexity index is 397. The largest absolute Gasteiger partial charge is 0.467 e. The molecule has 0 unspecified atom stereocenters. The van der Waals surface area contributed by atoms with Gasteiger partial charge in [0, 0.05) is 19.6 Å². The first-order valence-corrected chi connectivity index (χ1v) is 6.45. The van der Waals surface area contributed by atoms with E-state index in [2.05, 4.69) is 32.6 Å². The second-order valence-corrected chi connectivity index (χ2v) is 4.11. The monoisotopic (exact) mass is 268 g/mol. The molecule has 0 bridgehead atoms. The van der Waals surface area contributed by atoms with Crippen LogP contribution < -0.4 is 15.5 Å². The van der Waals surface area contributed by atoms with Crippen molar-refractivity contribution >= 4 is 11.9 Å². The maximum Gasteiger partial charge on any atom is 0.322 e. The maximum atomic E-state index is 5.29. The molecule has 106 valence electrons. The van der Waals surface area contributed by atoms with E-state index in [1.54, 1.807) is 0 Å². The molecule has 2 rings (SSSR count). The molecule has 19 heavy (non-hydrogen) atoms. The molecule has 0 saturated carbocycles. The van der Waals surface area contributed by atoms with E-state index in [9.17, 15) is 0 Å². The lowest BCUT2D eigenvalue weighted by Gasteiger charge is -2.26. The number of nitrogens with one attached hydrogen (secondary N) is 2. The molecular weight excluding hydrogens is 248 g/mol. The summed E-state index contributed by atoms with van der Waals surface area (Å²) in [7, 11) is 1.54. The van der Waals surface area contributed by atoms with E-state index in [0.29, 0.717) is 31.1 Å². The number of aromatic nitrogens is 3. The SMILES string of the molecule is CCCNc1nc(NN2CCOCC2)nc(OC)n1. The number of hydrazine groups is 1. The number of rotatable bonds is 6. The zero-order chi connectivity index (χ0) is 13.5. The lowest BCUT2D eigenvalue weighted by atomic mass is 10.5. The van der Waals surface area contributed by atoms with Crippen LogP contribution >= 0.6 is 0 Å². The Morgan fingerprint density at radius 2 is 1.95 bits per heavy atom. The van der Waals surface area contributed by atoms with Crippen LogP contribution in [0, 0.1) is 0 Å². The van der Waals surface area contributed by atoms with Crippen molar-refractivity contribution in [2.45, 2.75) is 13.3 Å². The molecule has 0 radical (unpaired) electrons. The third-order valence-electron chi connectivity index (χ3n) is 2.60. The molecule has 0 amide bonds. The van der Waals surface area contributed by atoms with Gasteiger partial charge in [-0.2, -0.15) is 15.0 Å². The summed E-state index contributed by atoms with van der Waals surface area (Å²) in [6.45, 7) is 5.90. The fourth-order valence-electron chi connectivity index (χ4n) is 1.63. The summed E-state index contributed by atoms with van der Waals surface area (Å²) in [5, 5.41) is 5.14. The third-order valence-corrected chi connectivity index (χ3v) is 2.60. The average Bonchev–Trinajstić information content (AvgIpc) is 2.46. The van der Waals surface area contributed by atoms with Gasteiger partial charge in [-0.3, -0.25) is 5.43 Å². The first kappa shape index (κ1) is 13.8. The molecule has 1 aliphatic rings. The number of hydrogen-bond acceptors (Lipinski definition) is 8. The predicted octanol–water partition coefficient (Wildman–Crippen LogP) is 0.361. The van der Waals surface area contributed by atoms with Crippen molar-refractivity contribution in [3.05, 3.63) is 0 Å². The van der Waals surface area contributed by atoms with Crippen LogP contribution in [0.3, 0.4) is 0 Å². The normalized spacial score (nSPS) is 16.1. The molecule has 1 aromatic heterocycles. The quantitative estimate of drug-likeness (QED) is 0.765.